The zero-order chi connectivity index (χ0) is 16.2. The fourth-order valence-corrected chi connectivity index (χ4v) is 1.85. The number of aromatic nitrogens is 2. The van der Waals surface area contributed by atoms with Crippen molar-refractivity contribution >= 4 is 5.91 Å². The van der Waals surface area contributed by atoms with Gasteiger partial charge in [-0.1, -0.05) is 13.8 Å². The summed E-state index contributed by atoms with van der Waals surface area (Å²) in [4.78, 5) is 11.8. The lowest BCUT2D eigenvalue weighted by atomic mass is 10.0. The minimum absolute atomic E-state index is 0.0220. The van der Waals surface area contributed by atoms with E-state index >= 15 is 0 Å². The summed E-state index contributed by atoms with van der Waals surface area (Å²) in [6.07, 6.45) is -4.05. The lowest BCUT2D eigenvalue weighted by Crippen LogP contribution is -2.30. The van der Waals surface area contributed by atoms with E-state index in [1.54, 1.807) is 0 Å². The summed E-state index contributed by atoms with van der Waals surface area (Å²) in [6, 6.07) is 0. The molecule has 1 aromatic rings. The number of aryl methyl sites for hydroxylation is 1. The average molecular weight is 307 g/mol. The van der Waals surface area contributed by atoms with E-state index < -0.39 is 29.4 Å². The molecular formula is C13H20F3N3O2. The molecule has 0 radical (unpaired) electrons. The van der Waals surface area contributed by atoms with Crippen molar-refractivity contribution < 1.29 is 23.1 Å². The van der Waals surface area contributed by atoms with Gasteiger partial charge in [0.25, 0.3) is 5.91 Å². The van der Waals surface area contributed by atoms with Gasteiger partial charge in [-0.05, 0) is 19.3 Å². The SMILES string of the molecule is CCn1ncc(C(=O)NCCC(O)C(C)C)c1C(F)(F)F. The number of nitrogens with zero attached hydrogens (tertiary/aromatic N) is 2. The van der Waals surface area contributed by atoms with Crippen LogP contribution in [0.3, 0.4) is 0 Å². The Hall–Kier alpha value is -1.57. The van der Waals surface area contributed by atoms with Crippen LogP contribution in [-0.4, -0.2) is 33.4 Å². The van der Waals surface area contributed by atoms with Gasteiger partial charge in [-0.15, -0.1) is 0 Å². The highest BCUT2D eigenvalue weighted by atomic mass is 19.4. The highest BCUT2D eigenvalue weighted by Gasteiger charge is 2.39. The summed E-state index contributed by atoms with van der Waals surface area (Å²) in [5.74, 6) is -0.812. The van der Waals surface area contributed by atoms with Crippen molar-refractivity contribution in [1.82, 2.24) is 15.1 Å². The number of alkyl halides is 3. The van der Waals surface area contributed by atoms with E-state index in [-0.39, 0.29) is 25.4 Å². The molecule has 0 fully saturated rings. The predicted molar refractivity (Wildman–Crippen MR) is 70.7 cm³/mol. The highest BCUT2D eigenvalue weighted by Crippen LogP contribution is 2.31. The van der Waals surface area contributed by atoms with Crippen LogP contribution in [0.5, 0.6) is 0 Å². The number of rotatable bonds is 6. The number of aliphatic hydroxyl groups excluding tert-OH is 1. The molecule has 1 unspecified atom stereocenters. The van der Waals surface area contributed by atoms with Crippen LogP contribution in [0, 0.1) is 5.92 Å². The zero-order valence-corrected chi connectivity index (χ0v) is 12.2. The second-order valence-corrected chi connectivity index (χ2v) is 5.08. The maximum atomic E-state index is 13.0. The zero-order valence-electron chi connectivity index (χ0n) is 12.2. The van der Waals surface area contributed by atoms with Crippen LogP contribution >= 0.6 is 0 Å². The van der Waals surface area contributed by atoms with Crippen LogP contribution in [0.15, 0.2) is 6.20 Å². The van der Waals surface area contributed by atoms with Gasteiger partial charge >= 0.3 is 6.18 Å². The largest absolute Gasteiger partial charge is 0.433 e. The van der Waals surface area contributed by atoms with E-state index in [1.807, 2.05) is 13.8 Å². The highest BCUT2D eigenvalue weighted by molar-refractivity contribution is 5.95. The van der Waals surface area contributed by atoms with E-state index in [1.165, 1.54) is 6.92 Å². The number of nitrogens with one attached hydrogen (secondary N) is 1. The van der Waals surface area contributed by atoms with Crippen molar-refractivity contribution in [1.29, 1.82) is 0 Å². The molecule has 1 aromatic heterocycles. The first kappa shape index (κ1) is 17.5. The fraction of sp³-hybridized carbons (Fsp3) is 0.692. The molecule has 0 saturated carbocycles. The molecule has 1 heterocycles. The summed E-state index contributed by atoms with van der Waals surface area (Å²) < 4.78 is 39.6. The molecule has 1 amide bonds. The lowest BCUT2D eigenvalue weighted by molar-refractivity contribution is -0.144. The third kappa shape index (κ3) is 4.45. The van der Waals surface area contributed by atoms with Crippen LogP contribution < -0.4 is 5.32 Å². The third-order valence-corrected chi connectivity index (χ3v) is 3.15. The van der Waals surface area contributed by atoms with E-state index in [0.29, 0.717) is 0 Å². The van der Waals surface area contributed by atoms with Crippen LogP contribution in [0.2, 0.25) is 0 Å². The molecule has 120 valence electrons. The molecule has 21 heavy (non-hydrogen) atoms. The van der Waals surface area contributed by atoms with Gasteiger partial charge in [0.05, 0.1) is 17.9 Å². The maximum absolute atomic E-state index is 13.0. The number of hydrogen-bond acceptors (Lipinski definition) is 3. The van der Waals surface area contributed by atoms with Gasteiger partial charge in [0.2, 0.25) is 0 Å². The normalized spacial score (nSPS) is 13.5. The second-order valence-electron chi connectivity index (χ2n) is 5.08. The lowest BCUT2D eigenvalue weighted by Gasteiger charge is -2.15. The van der Waals surface area contributed by atoms with E-state index in [9.17, 15) is 23.1 Å². The first-order valence-corrected chi connectivity index (χ1v) is 6.77. The van der Waals surface area contributed by atoms with Crippen LogP contribution in [0.4, 0.5) is 13.2 Å². The van der Waals surface area contributed by atoms with Crippen molar-refractivity contribution in [2.45, 2.75) is 46.0 Å². The Morgan fingerprint density at radius 2 is 2.10 bits per heavy atom. The smallest absolute Gasteiger partial charge is 0.393 e. The van der Waals surface area contributed by atoms with Crippen molar-refractivity contribution in [2.24, 2.45) is 5.92 Å². The molecule has 1 rings (SSSR count). The van der Waals surface area contributed by atoms with Crippen LogP contribution in [-0.2, 0) is 12.7 Å². The van der Waals surface area contributed by atoms with Crippen LogP contribution in [0.1, 0.15) is 43.2 Å². The van der Waals surface area contributed by atoms with Crippen molar-refractivity contribution in [2.75, 3.05) is 6.54 Å². The Labute approximate surface area is 121 Å². The first-order valence-electron chi connectivity index (χ1n) is 6.77. The molecular weight excluding hydrogens is 287 g/mol. The Morgan fingerprint density at radius 1 is 1.48 bits per heavy atom. The van der Waals surface area contributed by atoms with Gasteiger partial charge in [-0.2, -0.15) is 18.3 Å². The monoisotopic (exact) mass is 307 g/mol. The molecule has 0 aliphatic heterocycles. The Balaban J connectivity index is 2.77. The van der Waals surface area contributed by atoms with Gasteiger partial charge in [-0.25, -0.2) is 0 Å². The molecule has 0 spiro atoms. The Kier molecular flexibility index (Phi) is 5.77. The molecule has 5 nitrogen and oxygen atoms in total. The quantitative estimate of drug-likeness (QED) is 0.845. The standard InChI is InChI=1S/C13H20F3N3O2/c1-4-19-11(13(14,15)16)9(7-18-19)12(21)17-6-5-10(20)8(2)3/h7-8,10,20H,4-6H2,1-3H3,(H,17,21). The Morgan fingerprint density at radius 3 is 2.57 bits per heavy atom. The number of carbonyl (C=O) groups excluding carboxylic acids is 1. The predicted octanol–water partition coefficient (Wildman–Crippen LogP) is 2.06. The summed E-state index contributed by atoms with van der Waals surface area (Å²) in [5.41, 5.74) is -1.55. The van der Waals surface area contributed by atoms with Gasteiger partial charge in [0.1, 0.15) is 0 Å². The van der Waals surface area contributed by atoms with Gasteiger partial charge in [-0.3, -0.25) is 9.48 Å². The Bertz CT molecular complexity index is 483. The topological polar surface area (TPSA) is 67.2 Å². The number of aliphatic hydroxyl groups is 1. The number of carbonyl (C=O) groups is 1. The molecule has 1 atom stereocenters. The van der Waals surface area contributed by atoms with E-state index in [0.717, 1.165) is 10.9 Å². The average Bonchev–Trinajstić information content (AvgIpc) is 2.81. The first-order chi connectivity index (χ1) is 9.68. The molecule has 0 bridgehead atoms. The summed E-state index contributed by atoms with van der Waals surface area (Å²) in [7, 11) is 0. The minimum atomic E-state index is -4.64. The van der Waals surface area contributed by atoms with Crippen LogP contribution in [0.25, 0.3) is 0 Å². The fourth-order valence-electron chi connectivity index (χ4n) is 1.85. The number of halogens is 3. The summed E-state index contributed by atoms with van der Waals surface area (Å²) in [5, 5.41) is 15.6. The minimum Gasteiger partial charge on any atom is -0.393 e. The van der Waals surface area contributed by atoms with Gasteiger partial charge in [0, 0.05) is 13.1 Å². The molecule has 0 aromatic carbocycles. The van der Waals surface area contributed by atoms with Crippen molar-refractivity contribution in [3.05, 3.63) is 17.5 Å². The molecule has 0 aliphatic carbocycles. The molecule has 0 saturated heterocycles. The van der Waals surface area contributed by atoms with Gasteiger partial charge in [0.15, 0.2) is 5.69 Å². The number of hydrogen-bond donors (Lipinski definition) is 2. The maximum Gasteiger partial charge on any atom is 0.433 e. The summed E-state index contributed by atoms with van der Waals surface area (Å²) in [6.45, 7) is 5.28. The number of amides is 1. The van der Waals surface area contributed by atoms with E-state index in [2.05, 4.69) is 10.4 Å². The molecule has 2 N–H and O–H groups in total. The second kappa shape index (κ2) is 6.93. The summed E-state index contributed by atoms with van der Waals surface area (Å²) >= 11 is 0. The van der Waals surface area contributed by atoms with E-state index in [4.69, 9.17) is 0 Å². The van der Waals surface area contributed by atoms with Crippen molar-refractivity contribution in [3.8, 4) is 0 Å². The van der Waals surface area contributed by atoms with Gasteiger partial charge < -0.3 is 10.4 Å². The molecule has 8 heteroatoms. The third-order valence-electron chi connectivity index (χ3n) is 3.15. The van der Waals surface area contributed by atoms with Crippen molar-refractivity contribution in [3.63, 3.8) is 0 Å². The molecule has 0 aliphatic rings.